The Bertz CT molecular complexity index is 827. The first kappa shape index (κ1) is 22.1. The lowest BCUT2D eigenvalue weighted by Gasteiger charge is -2.10. The molecule has 28 heavy (non-hydrogen) atoms. The van der Waals surface area contributed by atoms with Gasteiger partial charge in [-0.15, -0.1) is 11.8 Å². The molecule has 0 saturated carbocycles. The van der Waals surface area contributed by atoms with Gasteiger partial charge in [-0.2, -0.15) is 5.10 Å². The first-order chi connectivity index (χ1) is 13.6. The molecule has 0 unspecified atom stereocenters. The van der Waals surface area contributed by atoms with Crippen LogP contribution in [0, 0.1) is 0 Å². The number of amides is 1. The van der Waals surface area contributed by atoms with Gasteiger partial charge in [0.1, 0.15) is 0 Å². The SMILES string of the molecule is CCCOc1cc(/C=N\NC(=O)Cc2cc(Cl)ccc2SCC)ccc1OC. The van der Waals surface area contributed by atoms with Gasteiger partial charge in [0.25, 0.3) is 0 Å². The highest BCUT2D eigenvalue weighted by atomic mass is 35.5. The third-order valence-corrected chi connectivity index (χ3v) is 4.96. The molecule has 0 bridgehead atoms. The van der Waals surface area contributed by atoms with Crippen LogP contribution in [-0.4, -0.2) is 31.6 Å². The number of halogens is 1. The highest BCUT2D eigenvalue weighted by Crippen LogP contribution is 2.28. The Labute approximate surface area is 175 Å². The Morgan fingerprint density at radius 1 is 1.21 bits per heavy atom. The fraction of sp³-hybridized carbons (Fsp3) is 0.333. The van der Waals surface area contributed by atoms with Crippen LogP contribution in [0.15, 0.2) is 46.4 Å². The molecule has 1 amide bonds. The molecule has 1 N–H and O–H groups in total. The van der Waals surface area contributed by atoms with Crippen molar-refractivity contribution in [2.75, 3.05) is 19.5 Å². The molecule has 0 atom stereocenters. The highest BCUT2D eigenvalue weighted by molar-refractivity contribution is 7.99. The van der Waals surface area contributed by atoms with Crippen LogP contribution in [-0.2, 0) is 11.2 Å². The van der Waals surface area contributed by atoms with E-state index >= 15 is 0 Å². The van der Waals surface area contributed by atoms with Gasteiger partial charge < -0.3 is 9.47 Å². The number of nitrogens with zero attached hydrogens (tertiary/aromatic N) is 1. The van der Waals surface area contributed by atoms with E-state index in [4.69, 9.17) is 21.1 Å². The quantitative estimate of drug-likeness (QED) is 0.336. The maximum atomic E-state index is 12.3. The number of hydrazone groups is 1. The van der Waals surface area contributed by atoms with Crippen molar-refractivity contribution in [1.29, 1.82) is 0 Å². The fourth-order valence-corrected chi connectivity index (χ4v) is 3.46. The van der Waals surface area contributed by atoms with Crippen molar-refractivity contribution >= 4 is 35.5 Å². The van der Waals surface area contributed by atoms with Crippen molar-refractivity contribution in [2.45, 2.75) is 31.6 Å². The topological polar surface area (TPSA) is 59.9 Å². The van der Waals surface area contributed by atoms with Gasteiger partial charge in [-0.3, -0.25) is 4.79 Å². The molecule has 7 heteroatoms. The van der Waals surface area contributed by atoms with Crippen LogP contribution in [0.5, 0.6) is 11.5 Å². The maximum Gasteiger partial charge on any atom is 0.244 e. The first-order valence-electron chi connectivity index (χ1n) is 9.11. The van der Waals surface area contributed by atoms with E-state index in [1.54, 1.807) is 25.1 Å². The van der Waals surface area contributed by atoms with Gasteiger partial charge in [0.2, 0.25) is 5.91 Å². The molecule has 0 aliphatic rings. The summed E-state index contributed by atoms with van der Waals surface area (Å²) in [6.45, 7) is 4.71. The molecule has 150 valence electrons. The van der Waals surface area contributed by atoms with Crippen molar-refractivity contribution in [2.24, 2.45) is 5.10 Å². The maximum absolute atomic E-state index is 12.3. The zero-order chi connectivity index (χ0) is 20.4. The zero-order valence-electron chi connectivity index (χ0n) is 16.3. The van der Waals surface area contributed by atoms with Crippen LogP contribution < -0.4 is 14.9 Å². The molecule has 2 rings (SSSR count). The van der Waals surface area contributed by atoms with Crippen molar-refractivity contribution in [3.05, 3.63) is 52.5 Å². The van der Waals surface area contributed by atoms with E-state index in [1.807, 2.05) is 43.3 Å². The van der Waals surface area contributed by atoms with Crippen molar-refractivity contribution in [3.8, 4) is 11.5 Å². The van der Waals surface area contributed by atoms with Crippen LogP contribution in [0.1, 0.15) is 31.4 Å². The number of hydrogen-bond donors (Lipinski definition) is 1. The van der Waals surface area contributed by atoms with Crippen LogP contribution >= 0.6 is 23.4 Å². The summed E-state index contributed by atoms with van der Waals surface area (Å²) in [6.07, 6.45) is 2.70. The van der Waals surface area contributed by atoms with E-state index in [2.05, 4.69) is 17.5 Å². The van der Waals surface area contributed by atoms with Crippen molar-refractivity contribution < 1.29 is 14.3 Å². The lowest BCUT2D eigenvalue weighted by molar-refractivity contribution is -0.120. The standard InChI is InChI=1S/C21H25ClN2O3S/c1-4-10-27-19-11-15(6-8-18(19)26-3)14-23-24-21(25)13-16-12-17(22)7-9-20(16)28-5-2/h6-9,11-12,14H,4-5,10,13H2,1-3H3,(H,24,25)/b23-14-. The number of methoxy groups -OCH3 is 1. The highest BCUT2D eigenvalue weighted by Gasteiger charge is 2.09. The van der Waals surface area contributed by atoms with Crippen LogP contribution in [0.2, 0.25) is 5.02 Å². The Kier molecular flexibility index (Phi) is 9.17. The van der Waals surface area contributed by atoms with Gasteiger partial charge in [0.05, 0.1) is 26.4 Å². The third-order valence-electron chi connectivity index (χ3n) is 3.73. The molecule has 0 heterocycles. The molecule has 5 nitrogen and oxygen atoms in total. The lowest BCUT2D eigenvalue weighted by Crippen LogP contribution is -2.20. The van der Waals surface area contributed by atoms with E-state index in [-0.39, 0.29) is 12.3 Å². The molecular weight excluding hydrogens is 396 g/mol. The molecule has 2 aromatic carbocycles. The lowest BCUT2D eigenvalue weighted by atomic mass is 10.1. The van der Waals surface area contributed by atoms with Gasteiger partial charge in [-0.05, 0) is 59.7 Å². The van der Waals surface area contributed by atoms with E-state index in [1.165, 1.54) is 0 Å². The number of thioether (sulfide) groups is 1. The second-order valence-corrected chi connectivity index (χ2v) is 7.66. The smallest absolute Gasteiger partial charge is 0.244 e. The van der Waals surface area contributed by atoms with Crippen LogP contribution in [0.25, 0.3) is 0 Å². The number of carbonyl (C=O) groups excluding carboxylic acids is 1. The average molecular weight is 421 g/mol. The minimum Gasteiger partial charge on any atom is -0.493 e. The van der Waals surface area contributed by atoms with E-state index < -0.39 is 0 Å². The summed E-state index contributed by atoms with van der Waals surface area (Å²) in [7, 11) is 1.60. The summed E-state index contributed by atoms with van der Waals surface area (Å²) < 4.78 is 11.0. The van der Waals surface area contributed by atoms with Crippen LogP contribution in [0.3, 0.4) is 0 Å². The Hall–Kier alpha value is -2.18. The third kappa shape index (κ3) is 6.77. The predicted octanol–water partition coefficient (Wildman–Crippen LogP) is 4.94. The van der Waals surface area contributed by atoms with Crippen LogP contribution in [0.4, 0.5) is 0 Å². The number of hydrogen-bond acceptors (Lipinski definition) is 5. The summed E-state index contributed by atoms with van der Waals surface area (Å²) >= 11 is 7.75. The van der Waals surface area contributed by atoms with Gasteiger partial charge in [-0.25, -0.2) is 5.43 Å². The zero-order valence-corrected chi connectivity index (χ0v) is 17.9. The summed E-state index contributed by atoms with van der Waals surface area (Å²) in [6, 6.07) is 11.1. The van der Waals surface area contributed by atoms with E-state index in [9.17, 15) is 4.79 Å². The molecule has 0 aliphatic heterocycles. The molecule has 0 aliphatic carbocycles. The van der Waals surface area contributed by atoms with Gasteiger partial charge >= 0.3 is 0 Å². The van der Waals surface area contributed by atoms with E-state index in [0.717, 1.165) is 28.2 Å². The first-order valence-corrected chi connectivity index (χ1v) is 10.5. The summed E-state index contributed by atoms with van der Waals surface area (Å²) in [5, 5.41) is 4.67. The molecular formula is C21H25ClN2O3S. The largest absolute Gasteiger partial charge is 0.493 e. The average Bonchev–Trinajstić information content (AvgIpc) is 2.68. The summed E-state index contributed by atoms with van der Waals surface area (Å²) in [4.78, 5) is 13.3. The number of ether oxygens (including phenoxy) is 2. The molecule has 2 aromatic rings. The molecule has 0 saturated heterocycles. The Morgan fingerprint density at radius 3 is 2.75 bits per heavy atom. The molecule has 0 spiro atoms. The molecule has 0 aromatic heterocycles. The Balaban J connectivity index is 2.01. The molecule has 0 fully saturated rings. The second kappa shape index (κ2) is 11.6. The minimum absolute atomic E-state index is 0.201. The minimum atomic E-state index is -0.201. The summed E-state index contributed by atoms with van der Waals surface area (Å²) in [5.74, 6) is 2.04. The number of carbonyl (C=O) groups is 1. The monoisotopic (exact) mass is 420 g/mol. The fourth-order valence-electron chi connectivity index (χ4n) is 2.47. The van der Waals surface area contributed by atoms with Gasteiger partial charge in [-0.1, -0.05) is 25.4 Å². The van der Waals surface area contributed by atoms with Gasteiger partial charge in [0, 0.05) is 9.92 Å². The predicted molar refractivity (Wildman–Crippen MR) is 116 cm³/mol. The van der Waals surface area contributed by atoms with Crippen molar-refractivity contribution in [1.82, 2.24) is 5.43 Å². The number of benzene rings is 2. The Morgan fingerprint density at radius 2 is 2.04 bits per heavy atom. The van der Waals surface area contributed by atoms with E-state index in [0.29, 0.717) is 23.1 Å². The normalized spacial score (nSPS) is 10.9. The van der Waals surface area contributed by atoms with Gasteiger partial charge in [0.15, 0.2) is 11.5 Å². The van der Waals surface area contributed by atoms with Crippen molar-refractivity contribution in [3.63, 3.8) is 0 Å². The second-order valence-electron chi connectivity index (χ2n) is 5.91. The molecule has 0 radical (unpaired) electrons. The number of nitrogens with one attached hydrogen (secondary N) is 1. The summed E-state index contributed by atoms with van der Waals surface area (Å²) in [5.41, 5.74) is 4.26. The number of rotatable bonds is 10.